The highest BCUT2D eigenvalue weighted by molar-refractivity contribution is 5.77. The molecule has 0 aromatic carbocycles. The Morgan fingerprint density at radius 2 is 1.79 bits per heavy atom. The molecule has 0 heterocycles. The van der Waals surface area contributed by atoms with E-state index in [1.807, 2.05) is 0 Å². The smallest absolute Gasteiger partial charge is 0.312 e. The first-order valence-corrected chi connectivity index (χ1v) is 10.5. The average Bonchev–Trinajstić information content (AvgIpc) is 2.62. The van der Waals surface area contributed by atoms with Crippen LogP contribution in [0.25, 0.3) is 0 Å². The average molecular weight is 338 g/mol. The van der Waals surface area contributed by atoms with Gasteiger partial charge in [-0.2, -0.15) is 0 Å². The number of rotatable bonds is 8. The zero-order valence-electron chi connectivity index (χ0n) is 16.3. The summed E-state index contributed by atoms with van der Waals surface area (Å²) in [5.41, 5.74) is -0.151. The molecule has 0 saturated heterocycles. The SMILES string of the molecule is CCN(CC)CCCOC(=O)C1(C2CCC[C@H](C)C2)CCCCC1. The van der Waals surface area contributed by atoms with Gasteiger partial charge in [0, 0.05) is 6.54 Å². The molecular weight excluding hydrogens is 298 g/mol. The number of carbonyl (C=O) groups is 1. The summed E-state index contributed by atoms with van der Waals surface area (Å²) in [5, 5.41) is 0. The maximum atomic E-state index is 13.1. The van der Waals surface area contributed by atoms with E-state index in [9.17, 15) is 4.79 Å². The molecule has 0 radical (unpaired) electrons. The molecule has 0 N–H and O–H groups in total. The third-order valence-corrected chi connectivity index (χ3v) is 6.62. The van der Waals surface area contributed by atoms with Crippen LogP contribution >= 0.6 is 0 Å². The maximum Gasteiger partial charge on any atom is 0.312 e. The van der Waals surface area contributed by atoms with Crippen molar-refractivity contribution in [2.45, 2.75) is 85.0 Å². The Morgan fingerprint density at radius 1 is 1.08 bits per heavy atom. The molecule has 24 heavy (non-hydrogen) atoms. The summed E-state index contributed by atoms with van der Waals surface area (Å²) < 4.78 is 5.85. The Balaban J connectivity index is 1.90. The van der Waals surface area contributed by atoms with Gasteiger partial charge in [-0.25, -0.2) is 0 Å². The second kappa shape index (κ2) is 9.79. The predicted octanol–water partition coefficient (Wildman–Crippen LogP) is 5.04. The van der Waals surface area contributed by atoms with Crippen LogP contribution in [0.15, 0.2) is 0 Å². The molecule has 0 aromatic rings. The van der Waals surface area contributed by atoms with Crippen LogP contribution in [0.3, 0.4) is 0 Å². The van der Waals surface area contributed by atoms with Crippen molar-refractivity contribution >= 4 is 5.97 Å². The fourth-order valence-electron chi connectivity index (χ4n) is 5.03. The van der Waals surface area contributed by atoms with Gasteiger partial charge in [0.25, 0.3) is 0 Å². The van der Waals surface area contributed by atoms with Crippen molar-refractivity contribution in [3.8, 4) is 0 Å². The molecule has 140 valence electrons. The Hall–Kier alpha value is -0.570. The molecule has 0 bridgehead atoms. The van der Waals surface area contributed by atoms with Gasteiger partial charge in [0.15, 0.2) is 0 Å². The van der Waals surface area contributed by atoms with Crippen molar-refractivity contribution in [2.75, 3.05) is 26.2 Å². The van der Waals surface area contributed by atoms with Crippen LogP contribution in [0.5, 0.6) is 0 Å². The predicted molar refractivity (Wildman–Crippen MR) is 100 cm³/mol. The molecule has 2 aliphatic rings. The lowest BCUT2D eigenvalue weighted by Gasteiger charge is -2.44. The minimum Gasteiger partial charge on any atom is -0.465 e. The molecule has 2 aliphatic carbocycles. The minimum atomic E-state index is -0.151. The lowest BCUT2D eigenvalue weighted by molar-refractivity contribution is -0.164. The molecular formula is C21H39NO2. The van der Waals surface area contributed by atoms with Gasteiger partial charge in [-0.1, -0.05) is 52.9 Å². The summed E-state index contributed by atoms with van der Waals surface area (Å²) in [5.74, 6) is 1.48. The molecule has 0 amide bonds. The minimum absolute atomic E-state index is 0.140. The first kappa shape index (κ1) is 19.8. The summed E-state index contributed by atoms with van der Waals surface area (Å²) in [6.07, 6.45) is 11.9. The van der Waals surface area contributed by atoms with E-state index >= 15 is 0 Å². The summed E-state index contributed by atoms with van der Waals surface area (Å²) in [4.78, 5) is 15.5. The molecule has 0 aliphatic heterocycles. The van der Waals surface area contributed by atoms with Crippen molar-refractivity contribution in [2.24, 2.45) is 17.3 Å². The highest BCUT2D eigenvalue weighted by Gasteiger charge is 2.48. The molecule has 2 rings (SSSR count). The Labute approximate surface area is 149 Å². The summed E-state index contributed by atoms with van der Waals surface area (Å²) in [6, 6.07) is 0. The number of ether oxygens (including phenoxy) is 1. The van der Waals surface area contributed by atoms with Crippen molar-refractivity contribution in [3.63, 3.8) is 0 Å². The van der Waals surface area contributed by atoms with E-state index in [1.165, 1.54) is 44.9 Å². The molecule has 2 fully saturated rings. The first-order chi connectivity index (χ1) is 11.6. The van der Waals surface area contributed by atoms with Gasteiger partial charge < -0.3 is 9.64 Å². The molecule has 0 aromatic heterocycles. The molecule has 0 spiro atoms. The van der Waals surface area contributed by atoms with E-state index in [0.717, 1.165) is 44.8 Å². The summed E-state index contributed by atoms with van der Waals surface area (Å²) >= 11 is 0. The fraction of sp³-hybridized carbons (Fsp3) is 0.952. The van der Waals surface area contributed by atoms with E-state index in [1.54, 1.807) is 0 Å². The Kier molecular flexibility index (Phi) is 8.06. The van der Waals surface area contributed by atoms with Gasteiger partial charge in [0.2, 0.25) is 0 Å². The maximum absolute atomic E-state index is 13.1. The highest BCUT2D eigenvalue weighted by atomic mass is 16.5. The first-order valence-electron chi connectivity index (χ1n) is 10.5. The number of nitrogens with zero attached hydrogens (tertiary/aromatic N) is 1. The van der Waals surface area contributed by atoms with Crippen LogP contribution < -0.4 is 0 Å². The second-order valence-electron chi connectivity index (χ2n) is 8.20. The number of hydrogen-bond acceptors (Lipinski definition) is 3. The molecule has 3 nitrogen and oxygen atoms in total. The van der Waals surface area contributed by atoms with Gasteiger partial charge in [0.1, 0.15) is 0 Å². The van der Waals surface area contributed by atoms with Crippen molar-refractivity contribution in [3.05, 3.63) is 0 Å². The fourth-order valence-corrected chi connectivity index (χ4v) is 5.03. The van der Waals surface area contributed by atoms with E-state index in [4.69, 9.17) is 4.74 Å². The Morgan fingerprint density at radius 3 is 2.42 bits per heavy atom. The van der Waals surface area contributed by atoms with Crippen LogP contribution in [-0.4, -0.2) is 37.1 Å². The van der Waals surface area contributed by atoms with Crippen LogP contribution in [0, 0.1) is 17.3 Å². The second-order valence-corrected chi connectivity index (χ2v) is 8.20. The Bertz CT molecular complexity index is 372. The normalized spacial score (nSPS) is 27.2. The lowest BCUT2D eigenvalue weighted by Crippen LogP contribution is -2.43. The van der Waals surface area contributed by atoms with Crippen molar-refractivity contribution < 1.29 is 9.53 Å². The number of hydrogen-bond donors (Lipinski definition) is 0. The van der Waals surface area contributed by atoms with E-state index in [-0.39, 0.29) is 11.4 Å². The summed E-state index contributed by atoms with van der Waals surface area (Å²) in [6.45, 7) is 10.5. The van der Waals surface area contributed by atoms with Gasteiger partial charge >= 0.3 is 5.97 Å². The topological polar surface area (TPSA) is 29.5 Å². The van der Waals surface area contributed by atoms with Crippen molar-refractivity contribution in [1.82, 2.24) is 4.90 Å². The van der Waals surface area contributed by atoms with Crippen LogP contribution in [0.4, 0.5) is 0 Å². The quantitative estimate of drug-likeness (QED) is 0.459. The van der Waals surface area contributed by atoms with Crippen LogP contribution in [0.1, 0.15) is 85.0 Å². The van der Waals surface area contributed by atoms with Crippen molar-refractivity contribution in [1.29, 1.82) is 0 Å². The van der Waals surface area contributed by atoms with Gasteiger partial charge in [0.05, 0.1) is 12.0 Å². The highest BCUT2D eigenvalue weighted by Crippen LogP contribution is 2.50. The van der Waals surface area contributed by atoms with Gasteiger partial charge in [-0.05, 0) is 57.0 Å². The van der Waals surface area contributed by atoms with Crippen LogP contribution in [-0.2, 0) is 9.53 Å². The molecule has 3 heteroatoms. The molecule has 1 unspecified atom stereocenters. The van der Waals surface area contributed by atoms with E-state index < -0.39 is 0 Å². The third-order valence-electron chi connectivity index (χ3n) is 6.62. The molecule has 2 atom stereocenters. The number of carbonyl (C=O) groups excluding carboxylic acids is 1. The zero-order valence-corrected chi connectivity index (χ0v) is 16.3. The number of esters is 1. The standard InChI is InChI=1S/C21H39NO2/c1-4-22(5-2)15-10-16-24-20(23)21(13-7-6-8-14-21)19-12-9-11-18(3)17-19/h18-19H,4-17H2,1-3H3/t18-,19?/m0/s1. The molecule has 2 saturated carbocycles. The van der Waals surface area contributed by atoms with Gasteiger partial charge in [-0.3, -0.25) is 4.79 Å². The zero-order chi connectivity index (χ0) is 17.4. The van der Waals surface area contributed by atoms with E-state index in [0.29, 0.717) is 12.5 Å². The lowest BCUT2D eigenvalue weighted by atomic mass is 9.60. The van der Waals surface area contributed by atoms with Crippen LogP contribution in [0.2, 0.25) is 0 Å². The van der Waals surface area contributed by atoms with Gasteiger partial charge in [-0.15, -0.1) is 0 Å². The van der Waals surface area contributed by atoms with E-state index in [2.05, 4.69) is 25.7 Å². The largest absolute Gasteiger partial charge is 0.465 e. The third kappa shape index (κ3) is 4.97. The monoisotopic (exact) mass is 337 g/mol. The summed E-state index contributed by atoms with van der Waals surface area (Å²) in [7, 11) is 0.